The van der Waals surface area contributed by atoms with Crippen LogP contribution in [0.15, 0.2) is 23.7 Å². The third kappa shape index (κ3) is 3.83. The Labute approximate surface area is 142 Å². The van der Waals surface area contributed by atoms with Crippen LogP contribution in [0.5, 0.6) is 0 Å². The van der Waals surface area contributed by atoms with Crippen LogP contribution in [-0.2, 0) is 11.3 Å². The Hall–Kier alpha value is -1.21. The first-order chi connectivity index (χ1) is 11.2. The summed E-state index contributed by atoms with van der Waals surface area (Å²) in [5.74, 6) is 0. The SMILES string of the molecule is CCC(C)(CNCc1cn[nH]c1-c1cccs1)N1CCOCC1. The Bertz CT molecular complexity index is 592. The van der Waals surface area contributed by atoms with Crippen molar-refractivity contribution in [2.75, 3.05) is 32.8 Å². The third-order valence-corrected chi connectivity index (χ3v) is 5.73. The van der Waals surface area contributed by atoms with Crippen molar-refractivity contribution in [2.45, 2.75) is 32.4 Å². The highest BCUT2D eigenvalue weighted by Crippen LogP contribution is 2.26. The monoisotopic (exact) mass is 334 g/mol. The fourth-order valence-electron chi connectivity index (χ4n) is 3.11. The number of morpholine rings is 1. The second-order valence-corrected chi connectivity index (χ2v) is 7.25. The van der Waals surface area contributed by atoms with E-state index in [-0.39, 0.29) is 5.54 Å². The molecule has 1 aliphatic heterocycles. The fourth-order valence-corrected chi connectivity index (χ4v) is 3.86. The van der Waals surface area contributed by atoms with E-state index in [2.05, 4.69) is 51.8 Å². The standard InChI is InChI=1S/C17H26N4OS/c1-3-17(2,21-6-8-22-9-7-21)13-18-11-14-12-19-20-16(14)15-5-4-10-23-15/h4-5,10,12,18H,3,6-9,11,13H2,1-2H3,(H,19,20). The van der Waals surface area contributed by atoms with Gasteiger partial charge in [-0.2, -0.15) is 5.10 Å². The lowest BCUT2D eigenvalue weighted by Crippen LogP contribution is -2.56. The van der Waals surface area contributed by atoms with Gasteiger partial charge in [0.25, 0.3) is 0 Å². The lowest BCUT2D eigenvalue weighted by molar-refractivity contribution is -0.0175. The average molecular weight is 334 g/mol. The second kappa shape index (κ2) is 7.57. The van der Waals surface area contributed by atoms with Crippen molar-refractivity contribution in [3.63, 3.8) is 0 Å². The van der Waals surface area contributed by atoms with Crippen molar-refractivity contribution < 1.29 is 4.74 Å². The van der Waals surface area contributed by atoms with E-state index in [1.807, 2.05) is 6.20 Å². The summed E-state index contributed by atoms with van der Waals surface area (Å²) in [4.78, 5) is 3.80. The van der Waals surface area contributed by atoms with E-state index >= 15 is 0 Å². The van der Waals surface area contributed by atoms with Crippen molar-refractivity contribution >= 4 is 11.3 Å². The van der Waals surface area contributed by atoms with Gasteiger partial charge in [0.2, 0.25) is 0 Å². The van der Waals surface area contributed by atoms with Gasteiger partial charge in [-0.25, -0.2) is 0 Å². The van der Waals surface area contributed by atoms with Crippen LogP contribution in [0.25, 0.3) is 10.6 Å². The number of H-pyrrole nitrogens is 1. The normalized spacial score (nSPS) is 18.9. The molecule has 0 spiro atoms. The van der Waals surface area contributed by atoms with Gasteiger partial charge in [0.05, 0.1) is 30.0 Å². The predicted octanol–water partition coefficient (Wildman–Crippen LogP) is 2.73. The second-order valence-electron chi connectivity index (χ2n) is 6.30. The summed E-state index contributed by atoms with van der Waals surface area (Å²) >= 11 is 1.74. The minimum absolute atomic E-state index is 0.177. The van der Waals surface area contributed by atoms with Gasteiger partial charge >= 0.3 is 0 Å². The molecule has 0 amide bonds. The van der Waals surface area contributed by atoms with Crippen molar-refractivity contribution in [1.82, 2.24) is 20.4 Å². The molecule has 6 heteroatoms. The number of nitrogens with one attached hydrogen (secondary N) is 2. The Morgan fingerprint density at radius 1 is 1.43 bits per heavy atom. The quantitative estimate of drug-likeness (QED) is 0.817. The van der Waals surface area contributed by atoms with Gasteiger partial charge in [0.1, 0.15) is 0 Å². The summed E-state index contributed by atoms with van der Waals surface area (Å²) in [6.45, 7) is 10.2. The molecule has 3 heterocycles. The van der Waals surface area contributed by atoms with Gasteiger partial charge in [-0.1, -0.05) is 13.0 Å². The van der Waals surface area contributed by atoms with Crippen molar-refractivity contribution in [3.05, 3.63) is 29.3 Å². The lowest BCUT2D eigenvalue weighted by atomic mass is 9.95. The summed E-state index contributed by atoms with van der Waals surface area (Å²) in [5.41, 5.74) is 2.54. The molecule has 1 fully saturated rings. The molecule has 2 N–H and O–H groups in total. The fraction of sp³-hybridized carbons (Fsp3) is 0.588. The first kappa shape index (κ1) is 16.6. The molecule has 1 aliphatic rings. The highest BCUT2D eigenvalue weighted by Gasteiger charge is 2.30. The maximum Gasteiger partial charge on any atom is 0.0794 e. The highest BCUT2D eigenvalue weighted by molar-refractivity contribution is 7.13. The number of thiophene rings is 1. The Kier molecular flexibility index (Phi) is 5.48. The van der Waals surface area contributed by atoms with Gasteiger partial charge in [-0.05, 0) is 24.8 Å². The summed E-state index contributed by atoms with van der Waals surface area (Å²) in [7, 11) is 0. The molecule has 1 saturated heterocycles. The van der Waals surface area contributed by atoms with Gasteiger partial charge < -0.3 is 10.1 Å². The molecule has 2 aromatic rings. The number of ether oxygens (including phenoxy) is 1. The van der Waals surface area contributed by atoms with Gasteiger partial charge in [-0.3, -0.25) is 10.00 Å². The number of aromatic amines is 1. The van der Waals surface area contributed by atoms with Crippen molar-refractivity contribution in [3.8, 4) is 10.6 Å². The van der Waals surface area contributed by atoms with E-state index in [9.17, 15) is 0 Å². The number of hydrogen-bond acceptors (Lipinski definition) is 5. The van der Waals surface area contributed by atoms with Crippen LogP contribution in [0.3, 0.4) is 0 Å². The highest BCUT2D eigenvalue weighted by atomic mass is 32.1. The van der Waals surface area contributed by atoms with Crippen LogP contribution < -0.4 is 5.32 Å². The molecular weight excluding hydrogens is 308 g/mol. The van der Waals surface area contributed by atoms with Crippen LogP contribution in [0, 0.1) is 0 Å². The molecule has 0 aromatic carbocycles. The molecule has 23 heavy (non-hydrogen) atoms. The van der Waals surface area contributed by atoms with Gasteiger partial charge in [0, 0.05) is 37.3 Å². The molecular formula is C17H26N4OS. The number of rotatable bonds is 7. The Balaban J connectivity index is 1.59. The molecule has 0 saturated carbocycles. The summed E-state index contributed by atoms with van der Waals surface area (Å²) in [5, 5.41) is 13.1. The minimum atomic E-state index is 0.177. The lowest BCUT2D eigenvalue weighted by Gasteiger charge is -2.43. The van der Waals surface area contributed by atoms with E-state index in [0.717, 1.165) is 51.5 Å². The van der Waals surface area contributed by atoms with Gasteiger partial charge in [0.15, 0.2) is 0 Å². The molecule has 126 valence electrons. The minimum Gasteiger partial charge on any atom is -0.379 e. The zero-order valence-electron chi connectivity index (χ0n) is 14.0. The van der Waals surface area contributed by atoms with Crippen LogP contribution in [0.1, 0.15) is 25.8 Å². The van der Waals surface area contributed by atoms with E-state index in [1.165, 1.54) is 10.4 Å². The zero-order valence-corrected chi connectivity index (χ0v) is 14.8. The van der Waals surface area contributed by atoms with Crippen LogP contribution in [0.4, 0.5) is 0 Å². The van der Waals surface area contributed by atoms with E-state index < -0.39 is 0 Å². The number of nitrogens with zero attached hydrogens (tertiary/aromatic N) is 2. The molecule has 0 radical (unpaired) electrons. The summed E-state index contributed by atoms with van der Waals surface area (Å²) in [6, 6.07) is 4.20. The molecule has 1 atom stereocenters. The van der Waals surface area contributed by atoms with Gasteiger partial charge in [-0.15, -0.1) is 11.3 Å². The molecule has 2 aromatic heterocycles. The maximum atomic E-state index is 5.49. The van der Waals surface area contributed by atoms with Crippen LogP contribution in [-0.4, -0.2) is 53.5 Å². The molecule has 0 aliphatic carbocycles. The predicted molar refractivity (Wildman–Crippen MR) is 94.7 cm³/mol. The molecule has 0 bridgehead atoms. The summed E-state index contributed by atoms with van der Waals surface area (Å²) < 4.78 is 5.49. The average Bonchev–Trinajstić information content (AvgIpc) is 3.26. The molecule has 3 rings (SSSR count). The summed E-state index contributed by atoms with van der Waals surface area (Å²) in [6.07, 6.45) is 3.06. The largest absolute Gasteiger partial charge is 0.379 e. The topological polar surface area (TPSA) is 53.2 Å². The number of hydrogen-bond donors (Lipinski definition) is 2. The maximum absolute atomic E-state index is 5.49. The molecule has 1 unspecified atom stereocenters. The van der Waals surface area contributed by atoms with Crippen LogP contribution in [0.2, 0.25) is 0 Å². The van der Waals surface area contributed by atoms with E-state index in [1.54, 1.807) is 11.3 Å². The smallest absolute Gasteiger partial charge is 0.0794 e. The van der Waals surface area contributed by atoms with E-state index in [4.69, 9.17) is 4.74 Å². The van der Waals surface area contributed by atoms with Crippen LogP contribution >= 0.6 is 11.3 Å². The first-order valence-electron chi connectivity index (χ1n) is 8.32. The zero-order chi connectivity index (χ0) is 16.1. The van der Waals surface area contributed by atoms with Crippen molar-refractivity contribution in [2.24, 2.45) is 0 Å². The first-order valence-corrected chi connectivity index (χ1v) is 9.20. The Morgan fingerprint density at radius 2 is 2.26 bits per heavy atom. The third-order valence-electron chi connectivity index (χ3n) is 4.84. The molecule has 5 nitrogen and oxygen atoms in total. The Morgan fingerprint density at radius 3 is 2.96 bits per heavy atom. The van der Waals surface area contributed by atoms with E-state index in [0.29, 0.717) is 0 Å². The van der Waals surface area contributed by atoms with Crippen molar-refractivity contribution in [1.29, 1.82) is 0 Å². The number of aromatic nitrogens is 2.